The van der Waals surface area contributed by atoms with E-state index >= 15 is 0 Å². The van der Waals surface area contributed by atoms with Crippen LogP contribution in [0, 0.1) is 6.92 Å². The summed E-state index contributed by atoms with van der Waals surface area (Å²) in [7, 11) is 0. The number of hydrogen-bond donors (Lipinski definition) is 3. The Morgan fingerprint density at radius 2 is 1.89 bits per heavy atom. The van der Waals surface area contributed by atoms with E-state index in [1.165, 1.54) is 5.56 Å². The number of nitrogens with one attached hydrogen (secondary N) is 3. The Balaban J connectivity index is 1.64. The van der Waals surface area contributed by atoms with E-state index in [1.54, 1.807) is 6.20 Å². The Bertz CT molecular complexity index is 840. The van der Waals surface area contributed by atoms with Gasteiger partial charge in [-0.05, 0) is 49.8 Å². The van der Waals surface area contributed by atoms with Crippen LogP contribution in [0.5, 0.6) is 0 Å². The smallest absolute Gasteiger partial charge is 0.257 e. The van der Waals surface area contributed by atoms with Gasteiger partial charge in [-0.25, -0.2) is 0 Å². The molecule has 142 valence electrons. The van der Waals surface area contributed by atoms with Crippen molar-refractivity contribution in [3.63, 3.8) is 0 Å². The molecule has 1 amide bonds. The van der Waals surface area contributed by atoms with Crippen molar-refractivity contribution in [2.24, 2.45) is 0 Å². The number of likely N-dealkylation sites (N-methyl/N-ethyl adjacent to an activating group) is 1. The molecule has 0 saturated heterocycles. The number of para-hydroxylation sites is 1. The predicted octanol–water partition coefficient (Wildman–Crippen LogP) is 4.15. The highest BCUT2D eigenvalue weighted by Crippen LogP contribution is 2.31. The van der Waals surface area contributed by atoms with Crippen molar-refractivity contribution in [3.05, 3.63) is 59.8 Å². The monoisotopic (exact) mass is 364 g/mol. The molecule has 0 radical (unpaired) electrons. The van der Waals surface area contributed by atoms with Crippen LogP contribution in [0.4, 0.5) is 17.1 Å². The lowest BCUT2D eigenvalue weighted by molar-refractivity contribution is -0.110. The number of aryl methyl sites for hydroxylation is 1. The van der Waals surface area contributed by atoms with E-state index in [0.29, 0.717) is 5.57 Å². The van der Waals surface area contributed by atoms with E-state index in [4.69, 9.17) is 0 Å². The third-order valence-corrected chi connectivity index (χ3v) is 4.96. The molecule has 0 bridgehead atoms. The minimum absolute atomic E-state index is 0.0740. The molecule has 0 fully saturated rings. The Labute approximate surface area is 161 Å². The molecule has 0 aromatic heterocycles. The van der Waals surface area contributed by atoms with Crippen LogP contribution in [0.3, 0.4) is 0 Å². The van der Waals surface area contributed by atoms with Gasteiger partial charge in [0.15, 0.2) is 0 Å². The topological polar surface area (TPSA) is 56.4 Å². The first-order valence-corrected chi connectivity index (χ1v) is 9.56. The Hall–Kier alpha value is -2.79. The van der Waals surface area contributed by atoms with Crippen LogP contribution >= 0.6 is 0 Å². The second kappa shape index (κ2) is 8.73. The third-order valence-electron chi connectivity index (χ3n) is 4.96. The maximum absolute atomic E-state index is 12.2. The average molecular weight is 364 g/mol. The maximum atomic E-state index is 12.2. The summed E-state index contributed by atoms with van der Waals surface area (Å²) in [5, 5.41) is 9.65. The number of hydrogen-bond acceptors (Lipinski definition) is 4. The summed E-state index contributed by atoms with van der Waals surface area (Å²) in [6.07, 6.45) is 1.78. The molecule has 3 rings (SSSR count). The molecule has 0 spiro atoms. The molecule has 5 nitrogen and oxygen atoms in total. The zero-order valence-electron chi connectivity index (χ0n) is 16.3. The molecule has 0 atom stereocenters. The Morgan fingerprint density at radius 3 is 2.63 bits per heavy atom. The zero-order valence-corrected chi connectivity index (χ0v) is 16.3. The normalized spacial score (nSPS) is 14.4. The highest BCUT2D eigenvalue weighted by atomic mass is 16.2. The van der Waals surface area contributed by atoms with Gasteiger partial charge >= 0.3 is 0 Å². The van der Waals surface area contributed by atoms with Crippen molar-refractivity contribution in [1.29, 1.82) is 0 Å². The van der Waals surface area contributed by atoms with E-state index in [9.17, 15) is 4.79 Å². The minimum atomic E-state index is -0.0740. The second-order valence-electron chi connectivity index (χ2n) is 6.69. The van der Waals surface area contributed by atoms with Gasteiger partial charge in [-0.15, -0.1) is 0 Å². The molecular formula is C22H28N4O. The van der Waals surface area contributed by atoms with E-state index in [2.05, 4.69) is 53.8 Å². The summed E-state index contributed by atoms with van der Waals surface area (Å²) < 4.78 is 0. The van der Waals surface area contributed by atoms with E-state index in [1.807, 2.05) is 30.3 Å². The first kappa shape index (κ1) is 19.0. The van der Waals surface area contributed by atoms with Crippen LogP contribution in [-0.4, -0.2) is 37.0 Å². The Morgan fingerprint density at radius 1 is 1.11 bits per heavy atom. The number of nitrogens with zero attached hydrogens (tertiary/aromatic N) is 1. The number of fused-ring (bicyclic) bond motifs is 1. The van der Waals surface area contributed by atoms with Gasteiger partial charge in [-0.3, -0.25) is 4.79 Å². The van der Waals surface area contributed by atoms with Gasteiger partial charge in [0, 0.05) is 41.9 Å². The zero-order chi connectivity index (χ0) is 19.2. The lowest BCUT2D eigenvalue weighted by Crippen LogP contribution is -2.28. The SMILES string of the molecule is CCN(CC)CCNc1ccc(N/C=C2/C(=O)Nc3ccccc32)cc1C. The molecule has 1 aliphatic heterocycles. The highest BCUT2D eigenvalue weighted by Gasteiger charge is 2.23. The summed E-state index contributed by atoms with van der Waals surface area (Å²) >= 11 is 0. The molecular weight excluding hydrogens is 336 g/mol. The number of carbonyl (C=O) groups excluding carboxylic acids is 1. The number of amides is 1. The van der Waals surface area contributed by atoms with Gasteiger partial charge in [0.05, 0.1) is 5.57 Å². The summed E-state index contributed by atoms with van der Waals surface area (Å²) in [6, 6.07) is 13.9. The summed E-state index contributed by atoms with van der Waals surface area (Å²) in [5.74, 6) is -0.0740. The standard InChI is InChI=1S/C22H28N4O/c1-4-26(5-2)13-12-23-20-11-10-17(14-16(20)3)24-15-19-18-8-6-7-9-21(18)25-22(19)27/h6-11,14-15,23-24H,4-5,12-13H2,1-3H3,(H,25,27)/b19-15+. The summed E-state index contributed by atoms with van der Waals surface area (Å²) in [5.41, 5.74) is 5.73. The second-order valence-corrected chi connectivity index (χ2v) is 6.69. The van der Waals surface area contributed by atoms with Crippen LogP contribution in [0.15, 0.2) is 48.7 Å². The average Bonchev–Trinajstić information content (AvgIpc) is 3.00. The van der Waals surface area contributed by atoms with Crippen molar-refractivity contribution >= 4 is 28.5 Å². The van der Waals surface area contributed by atoms with Crippen molar-refractivity contribution in [2.75, 3.05) is 42.1 Å². The van der Waals surface area contributed by atoms with Gasteiger partial charge in [-0.1, -0.05) is 32.0 Å². The van der Waals surface area contributed by atoms with Gasteiger partial charge in [0.25, 0.3) is 5.91 Å². The number of carbonyl (C=O) groups is 1. The van der Waals surface area contributed by atoms with E-state index < -0.39 is 0 Å². The van der Waals surface area contributed by atoms with Gasteiger partial charge in [0.1, 0.15) is 0 Å². The molecule has 0 aliphatic carbocycles. The fourth-order valence-corrected chi connectivity index (χ4v) is 3.28. The van der Waals surface area contributed by atoms with E-state index in [-0.39, 0.29) is 5.91 Å². The number of rotatable bonds is 8. The van der Waals surface area contributed by atoms with Gasteiger partial charge in [0.2, 0.25) is 0 Å². The maximum Gasteiger partial charge on any atom is 0.257 e. The molecule has 27 heavy (non-hydrogen) atoms. The minimum Gasteiger partial charge on any atom is -0.384 e. The molecule has 0 unspecified atom stereocenters. The van der Waals surface area contributed by atoms with Crippen LogP contribution < -0.4 is 16.0 Å². The quantitative estimate of drug-likeness (QED) is 0.616. The first-order chi connectivity index (χ1) is 13.1. The molecule has 3 N–H and O–H groups in total. The third kappa shape index (κ3) is 4.49. The molecule has 0 saturated carbocycles. The van der Waals surface area contributed by atoms with Crippen molar-refractivity contribution in [3.8, 4) is 0 Å². The van der Waals surface area contributed by atoms with Crippen LogP contribution in [0.1, 0.15) is 25.0 Å². The lowest BCUT2D eigenvalue weighted by Gasteiger charge is -2.19. The van der Waals surface area contributed by atoms with Crippen molar-refractivity contribution in [2.45, 2.75) is 20.8 Å². The summed E-state index contributed by atoms with van der Waals surface area (Å²) in [4.78, 5) is 14.6. The van der Waals surface area contributed by atoms with E-state index in [0.717, 1.165) is 48.8 Å². The van der Waals surface area contributed by atoms with Crippen molar-refractivity contribution in [1.82, 2.24) is 4.90 Å². The molecule has 2 aromatic carbocycles. The Kier molecular flexibility index (Phi) is 6.14. The molecule has 5 heteroatoms. The molecule has 2 aromatic rings. The summed E-state index contributed by atoms with van der Waals surface area (Å²) in [6.45, 7) is 10.6. The predicted molar refractivity (Wildman–Crippen MR) is 114 cm³/mol. The van der Waals surface area contributed by atoms with Gasteiger partial charge < -0.3 is 20.9 Å². The fourth-order valence-electron chi connectivity index (χ4n) is 3.28. The van der Waals surface area contributed by atoms with Crippen LogP contribution in [-0.2, 0) is 4.79 Å². The van der Waals surface area contributed by atoms with Crippen LogP contribution in [0.25, 0.3) is 5.57 Å². The first-order valence-electron chi connectivity index (χ1n) is 9.56. The number of benzene rings is 2. The van der Waals surface area contributed by atoms with Gasteiger partial charge in [-0.2, -0.15) is 0 Å². The largest absolute Gasteiger partial charge is 0.384 e. The van der Waals surface area contributed by atoms with Crippen LogP contribution in [0.2, 0.25) is 0 Å². The number of anilines is 3. The highest BCUT2D eigenvalue weighted by molar-refractivity contribution is 6.31. The molecule has 1 heterocycles. The molecule has 1 aliphatic rings. The lowest BCUT2D eigenvalue weighted by atomic mass is 10.1. The fraction of sp³-hybridized carbons (Fsp3) is 0.318. The van der Waals surface area contributed by atoms with Crippen molar-refractivity contribution < 1.29 is 4.79 Å².